The molecule has 0 aromatic carbocycles. The molecule has 0 aliphatic heterocycles. The summed E-state index contributed by atoms with van der Waals surface area (Å²) < 4.78 is 2.01. The van der Waals surface area contributed by atoms with Crippen LogP contribution in [0.3, 0.4) is 0 Å². The second-order valence-electron chi connectivity index (χ2n) is 5.47. The van der Waals surface area contributed by atoms with E-state index in [4.69, 9.17) is 0 Å². The summed E-state index contributed by atoms with van der Waals surface area (Å²) >= 11 is 0. The van der Waals surface area contributed by atoms with Crippen molar-refractivity contribution in [3.8, 4) is 0 Å². The standard InChI is InChI=1S/C21H25N5/c1-5-9-11-17(7-3)20-23-15-19-21(25-20)26(16-24-19)14-13-22-18(8-4)12-10-6-2/h5-12,15-16,22H,3-4,13-14H2,1-2H3/b9-5-,10-6-,17-11+,18-12+. The van der Waals surface area contributed by atoms with E-state index in [9.17, 15) is 0 Å². The van der Waals surface area contributed by atoms with E-state index < -0.39 is 0 Å². The first-order chi connectivity index (χ1) is 12.7. The van der Waals surface area contributed by atoms with Gasteiger partial charge in [0.25, 0.3) is 0 Å². The molecule has 134 valence electrons. The van der Waals surface area contributed by atoms with E-state index in [1.165, 1.54) is 0 Å². The molecule has 1 N–H and O–H groups in total. The van der Waals surface area contributed by atoms with Gasteiger partial charge >= 0.3 is 0 Å². The van der Waals surface area contributed by atoms with Crippen LogP contribution in [0, 0.1) is 0 Å². The van der Waals surface area contributed by atoms with Gasteiger partial charge in [0.1, 0.15) is 5.52 Å². The van der Waals surface area contributed by atoms with Crippen LogP contribution in [-0.4, -0.2) is 26.1 Å². The molecule has 5 nitrogen and oxygen atoms in total. The van der Waals surface area contributed by atoms with Crippen molar-refractivity contribution in [1.82, 2.24) is 24.8 Å². The SMILES string of the molecule is C=C/C(=C\C=C/C)NCCn1cnc2cnc(/C(C=C)=C/C=C\C)nc21. The molecule has 2 aromatic rings. The van der Waals surface area contributed by atoms with Gasteiger partial charge in [-0.25, -0.2) is 15.0 Å². The lowest BCUT2D eigenvalue weighted by molar-refractivity contribution is 0.661. The van der Waals surface area contributed by atoms with Crippen LogP contribution >= 0.6 is 0 Å². The Morgan fingerprint density at radius 1 is 1.12 bits per heavy atom. The summed E-state index contributed by atoms with van der Waals surface area (Å²) in [5.41, 5.74) is 3.43. The lowest BCUT2D eigenvalue weighted by atomic mass is 10.2. The average Bonchev–Trinajstić information content (AvgIpc) is 3.07. The van der Waals surface area contributed by atoms with Crippen LogP contribution in [0.4, 0.5) is 0 Å². The van der Waals surface area contributed by atoms with Gasteiger partial charge in [-0.1, -0.05) is 49.6 Å². The molecule has 0 unspecified atom stereocenters. The highest BCUT2D eigenvalue weighted by Gasteiger charge is 2.08. The predicted molar refractivity (Wildman–Crippen MR) is 109 cm³/mol. The lowest BCUT2D eigenvalue weighted by Crippen LogP contribution is -2.18. The Balaban J connectivity index is 2.20. The van der Waals surface area contributed by atoms with Gasteiger partial charge in [0.15, 0.2) is 11.5 Å². The highest BCUT2D eigenvalue weighted by Crippen LogP contribution is 2.15. The summed E-state index contributed by atoms with van der Waals surface area (Å²) in [4.78, 5) is 13.4. The van der Waals surface area contributed by atoms with Crippen molar-refractivity contribution >= 4 is 16.7 Å². The van der Waals surface area contributed by atoms with Gasteiger partial charge < -0.3 is 9.88 Å². The third-order valence-electron chi connectivity index (χ3n) is 3.67. The predicted octanol–water partition coefficient (Wildman–Crippen LogP) is 4.21. The summed E-state index contributed by atoms with van der Waals surface area (Å²) in [5, 5.41) is 3.35. The van der Waals surface area contributed by atoms with Crippen LogP contribution in [0.25, 0.3) is 16.7 Å². The van der Waals surface area contributed by atoms with Crippen LogP contribution in [-0.2, 0) is 6.54 Å². The maximum Gasteiger partial charge on any atom is 0.163 e. The zero-order chi connectivity index (χ0) is 18.8. The van der Waals surface area contributed by atoms with Crippen LogP contribution < -0.4 is 5.32 Å². The number of aromatic nitrogens is 4. The van der Waals surface area contributed by atoms with E-state index >= 15 is 0 Å². The second kappa shape index (κ2) is 9.93. The smallest absolute Gasteiger partial charge is 0.163 e. The van der Waals surface area contributed by atoms with E-state index in [0.29, 0.717) is 5.82 Å². The summed E-state index contributed by atoms with van der Waals surface area (Å²) in [7, 11) is 0. The number of nitrogens with zero attached hydrogens (tertiary/aromatic N) is 4. The number of hydrogen-bond donors (Lipinski definition) is 1. The molecule has 2 aromatic heterocycles. The fraction of sp³-hybridized carbons (Fsp3) is 0.190. The summed E-state index contributed by atoms with van der Waals surface area (Å²) in [6, 6.07) is 0. The largest absolute Gasteiger partial charge is 0.383 e. The Bertz CT molecular complexity index is 881. The van der Waals surface area contributed by atoms with Crippen molar-refractivity contribution in [3.63, 3.8) is 0 Å². The molecule has 0 fully saturated rings. The zero-order valence-corrected chi connectivity index (χ0v) is 15.4. The van der Waals surface area contributed by atoms with Crippen molar-refractivity contribution in [2.75, 3.05) is 6.54 Å². The minimum atomic E-state index is 0.639. The third-order valence-corrected chi connectivity index (χ3v) is 3.67. The van der Waals surface area contributed by atoms with Gasteiger partial charge in [-0.15, -0.1) is 0 Å². The highest BCUT2D eigenvalue weighted by molar-refractivity contribution is 5.76. The second-order valence-corrected chi connectivity index (χ2v) is 5.47. The molecular formula is C21H25N5. The maximum absolute atomic E-state index is 4.67. The normalized spacial score (nSPS) is 13.0. The quantitative estimate of drug-likeness (QED) is 0.691. The summed E-state index contributed by atoms with van der Waals surface area (Å²) in [5.74, 6) is 0.639. The highest BCUT2D eigenvalue weighted by atomic mass is 15.1. The number of hydrogen-bond acceptors (Lipinski definition) is 4. The molecule has 0 amide bonds. The van der Waals surface area contributed by atoms with Gasteiger partial charge in [0.05, 0.1) is 12.5 Å². The molecule has 0 saturated carbocycles. The van der Waals surface area contributed by atoms with Gasteiger partial charge in [-0.2, -0.15) is 0 Å². The van der Waals surface area contributed by atoms with Crippen molar-refractivity contribution in [2.45, 2.75) is 20.4 Å². The molecule has 0 aliphatic carbocycles. The third kappa shape index (κ3) is 4.89. The molecule has 2 rings (SSSR count). The van der Waals surface area contributed by atoms with Gasteiger partial charge in [0, 0.05) is 24.4 Å². The molecule has 0 atom stereocenters. The fourth-order valence-corrected chi connectivity index (χ4v) is 2.31. The lowest BCUT2D eigenvalue weighted by Gasteiger charge is -2.08. The Morgan fingerprint density at radius 2 is 1.88 bits per heavy atom. The Hall–Kier alpha value is -3.21. The number of nitrogens with one attached hydrogen (secondary N) is 1. The number of imidazole rings is 1. The molecule has 0 bridgehead atoms. The minimum Gasteiger partial charge on any atom is -0.383 e. The number of fused-ring (bicyclic) bond motifs is 1. The molecule has 0 saturated heterocycles. The first-order valence-electron chi connectivity index (χ1n) is 8.56. The van der Waals surface area contributed by atoms with Gasteiger partial charge in [-0.05, 0) is 26.0 Å². The van der Waals surface area contributed by atoms with E-state index in [1.54, 1.807) is 24.7 Å². The topological polar surface area (TPSA) is 55.6 Å². The molecular weight excluding hydrogens is 322 g/mol. The summed E-state index contributed by atoms with van der Waals surface area (Å²) in [6.07, 6.45) is 18.9. The minimum absolute atomic E-state index is 0.639. The van der Waals surface area contributed by atoms with E-state index in [-0.39, 0.29) is 0 Å². The van der Waals surface area contributed by atoms with E-state index in [0.717, 1.165) is 35.5 Å². The zero-order valence-electron chi connectivity index (χ0n) is 15.4. The molecule has 0 radical (unpaired) electrons. The van der Waals surface area contributed by atoms with Crippen molar-refractivity contribution in [3.05, 3.63) is 85.8 Å². The number of allylic oxidation sites excluding steroid dienone is 9. The van der Waals surface area contributed by atoms with Gasteiger partial charge in [0.2, 0.25) is 0 Å². The van der Waals surface area contributed by atoms with Crippen LogP contribution in [0.5, 0.6) is 0 Å². The van der Waals surface area contributed by atoms with Crippen LogP contribution in [0.2, 0.25) is 0 Å². The maximum atomic E-state index is 4.67. The molecule has 5 heteroatoms. The van der Waals surface area contributed by atoms with Crippen LogP contribution in [0.1, 0.15) is 19.7 Å². The monoisotopic (exact) mass is 347 g/mol. The van der Waals surface area contributed by atoms with Gasteiger partial charge in [-0.3, -0.25) is 0 Å². The van der Waals surface area contributed by atoms with E-state index in [1.807, 2.05) is 54.9 Å². The average molecular weight is 347 g/mol. The number of rotatable bonds is 9. The molecule has 26 heavy (non-hydrogen) atoms. The molecule has 0 aliphatic rings. The molecule has 2 heterocycles. The Morgan fingerprint density at radius 3 is 2.58 bits per heavy atom. The first kappa shape index (κ1) is 19.1. The van der Waals surface area contributed by atoms with Crippen molar-refractivity contribution in [2.24, 2.45) is 0 Å². The van der Waals surface area contributed by atoms with Crippen LogP contribution in [0.15, 0.2) is 80.0 Å². The first-order valence-corrected chi connectivity index (χ1v) is 8.56. The fourth-order valence-electron chi connectivity index (χ4n) is 2.31. The Labute approximate surface area is 154 Å². The van der Waals surface area contributed by atoms with Crippen molar-refractivity contribution < 1.29 is 0 Å². The Kier molecular flexibility index (Phi) is 7.31. The summed E-state index contributed by atoms with van der Waals surface area (Å²) in [6.45, 7) is 13.1. The van der Waals surface area contributed by atoms with Crippen molar-refractivity contribution in [1.29, 1.82) is 0 Å². The van der Waals surface area contributed by atoms with E-state index in [2.05, 4.69) is 33.4 Å². The molecule has 0 spiro atoms.